The number of hydrogen-bond acceptors (Lipinski definition) is 10. The van der Waals surface area contributed by atoms with Crippen molar-refractivity contribution in [3.8, 4) is 17.0 Å². The summed E-state index contributed by atoms with van der Waals surface area (Å²) in [6.07, 6.45) is 2.27. The first-order chi connectivity index (χ1) is 22.3. The summed E-state index contributed by atoms with van der Waals surface area (Å²) in [5, 5.41) is 20.8. The number of hydrogen-bond donors (Lipinski definition) is 3. The summed E-state index contributed by atoms with van der Waals surface area (Å²) in [5.41, 5.74) is 10.5. The molecule has 13 heteroatoms. The zero-order chi connectivity index (χ0) is 32.2. The Kier molecular flexibility index (Phi) is 9.11. The van der Waals surface area contributed by atoms with Crippen LogP contribution in [0.25, 0.3) is 11.3 Å². The fraction of sp³-hybridized carbons (Fsp3) is 0.394. The van der Waals surface area contributed by atoms with Crippen LogP contribution >= 0.6 is 0 Å². The van der Waals surface area contributed by atoms with Crippen LogP contribution in [0.15, 0.2) is 48.5 Å². The number of aromatic hydroxyl groups is 1. The first-order valence-electron chi connectivity index (χ1n) is 15.6. The lowest BCUT2D eigenvalue weighted by Gasteiger charge is -2.36. The Hall–Kier alpha value is -5.04. The van der Waals surface area contributed by atoms with E-state index >= 15 is 0 Å². The average molecular weight is 628 g/mol. The van der Waals surface area contributed by atoms with Gasteiger partial charge in [0.15, 0.2) is 5.82 Å². The number of amides is 4. The molecule has 46 heavy (non-hydrogen) atoms. The molecule has 240 valence electrons. The molecule has 0 saturated carbocycles. The maximum absolute atomic E-state index is 13.0. The van der Waals surface area contributed by atoms with Crippen LogP contribution in [-0.4, -0.2) is 94.2 Å². The number of imide groups is 1. The van der Waals surface area contributed by atoms with E-state index in [1.54, 1.807) is 29.2 Å². The summed E-state index contributed by atoms with van der Waals surface area (Å²) in [6, 6.07) is 13.7. The number of nitrogen functional groups attached to an aromatic ring is 1. The van der Waals surface area contributed by atoms with Gasteiger partial charge in [-0.05, 0) is 54.7 Å². The van der Waals surface area contributed by atoms with Gasteiger partial charge in [0.2, 0.25) is 17.7 Å². The molecule has 0 spiro atoms. The third kappa shape index (κ3) is 6.50. The number of para-hydroxylation sites is 1. The van der Waals surface area contributed by atoms with Crippen LogP contribution in [0.2, 0.25) is 0 Å². The fourth-order valence-corrected chi connectivity index (χ4v) is 6.33. The highest BCUT2D eigenvalue weighted by Gasteiger charge is 2.39. The number of phenols is 1. The summed E-state index contributed by atoms with van der Waals surface area (Å²) in [7, 11) is 0. The van der Waals surface area contributed by atoms with E-state index in [4.69, 9.17) is 10.5 Å². The molecule has 2 aromatic carbocycles. The molecule has 1 aromatic heterocycles. The molecule has 4 N–H and O–H groups in total. The van der Waals surface area contributed by atoms with Crippen LogP contribution in [0, 0.1) is 0 Å². The maximum Gasteiger partial charge on any atom is 0.255 e. The lowest BCUT2D eigenvalue weighted by molar-refractivity contribution is -0.137. The van der Waals surface area contributed by atoms with Crippen molar-refractivity contribution in [3.05, 3.63) is 65.2 Å². The van der Waals surface area contributed by atoms with Crippen LogP contribution in [-0.2, 0) is 32.1 Å². The summed E-state index contributed by atoms with van der Waals surface area (Å²) >= 11 is 0. The van der Waals surface area contributed by atoms with Gasteiger partial charge >= 0.3 is 0 Å². The Morgan fingerprint density at radius 3 is 2.57 bits per heavy atom. The second kappa shape index (κ2) is 13.5. The number of carbonyl (C=O) groups is 4. The van der Waals surface area contributed by atoms with E-state index in [1.165, 1.54) is 0 Å². The van der Waals surface area contributed by atoms with Crippen LogP contribution < -0.4 is 16.0 Å². The minimum atomic E-state index is -0.636. The second-order valence-electron chi connectivity index (χ2n) is 11.7. The number of fused-ring (bicyclic) bond motifs is 1. The normalized spacial score (nSPS) is 18.1. The van der Waals surface area contributed by atoms with Gasteiger partial charge in [-0.3, -0.25) is 24.5 Å². The number of aromatic nitrogens is 2. The van der Waals surface area contributed by atoms with Gasteiger partial charge in [-0.2, -0.15) is 0 Å². The molecular formula is C33H37N7O6. The van der Waals surface area contributed by atoms with Crippen molar-refractivity contribution in [2.45, 2.75) is 44.7 Å². The number of benzene rings is 2. The van der Waals surface area contributed by atoms with E-state index in [0.717, 1.165) is 23.2 Å². The predicted molar refractivity (Wildman–Crippen MR) is 169 cm³/mol. The SMILES string of the molecule is Nc1nnc(-c2ccccc2O)cc1N1CCN(C(=O)CCOCCCc2cccc3c2CN(C2CCC(=O)NC2=O)C3=O)CC1. The number of aryl methyl sites for hydroxylation is 1. The Morgan fingerprint density at radius 2 is 1.78 bits per heavy atom. The van der Waals surface area contributed by atoms with Gasteiger partial charge < -0.3 is 30.3 Å². The largest absolute Gasteiger partial charge is 0.507 e. The third-order valence-corrected chi connectivity index (χ3v) is 8.83. The molecule has 2 saturated heterocycles. The van der Waals surface area contributed by atoms with E-state index in [9.17, 15) is 24.3 Å². The van der Waals surface area contributed by atoms with Gasteiger partial charge in [-0.1, -0.05) is 24.3 Å². The number of anilines is 2. The standard InChI is InChI=1S/C33H37N7O6/c34-31-27(19-25(36-37-31)23-7-1-2-9-28(23)41)38-13-15-39(16-14-38)30(43)12-18-46-17-4-6-21-5-3-8-22-24(21)20-40(33(22)45)26-10-11-29(42)35-32(26)44/h1-3,5,7-9,19,26,41H,4,6,10-18,20H2,(H2,34,37)(H,35,42,44). The fourth-order valence-electron chi connectivity index (χ4n) is 6.33. The molecule has 4 amide bonds. The molecule has 0 radical (unpaired) electrons. The molecule has 0 aliphatic carbocycles. The molecule has 13 nitrogen and oxygen atoms in total. The molecule has 3 aliphatic heterocycles. The summed E-state index contributed by atoms with van der Waals surface area (Å²) < 4.78 is 5.80. The Morgan fingerprint density at radius 1 is 1.00 bits per heavy atom. The number of nitrogens with two attached hydrogens (primary N) is 1. The number of ether oxygens (including phenoxy) is 1. The van der Waals surface area contributed by atoms with Crippen LogP contribution in [0.3, 0.4) is 0 Å². The maximum atomic E-state index is 13.0. The number of carbonyl (C=O) groups excluding carboxylic acids is 4. The number of piperazine rings is 1. The van der Waals surface area contributed by atoms with Crippen molar-refractivity contribution in [2.24, 2.45) is 0 Å². The summed E-state index contributed by atoms with van der Waals surface area (Å²) in [4.78, 5) is 55.3. The Labute approximate surface area is 266 Å². The van der Waals surface area contributed by atoms with Crippen molar-refractivity contribution in [2.75, 3.05) is 50.0 Å². The summed E-state index contributed by atoms with van der Waals surface area (Å²) in [6.45, 7) is 3.41. The Balaban J connectivity index is 0.931. The van der Waals surface area contributed by atoms with Gasteiger partial charge in [-0.15, -0.1) is 10.2 Å². The smallest absolute Gasteiger partial charge is 0.255 e. The van der Waals surface area contributed by atoms with Gasteiger partial charge in [0, 0.05) is 56.9 Å². The molecule has 1 unspecified atom stereocenters. The monoisotopic (exact) mass is 627 g/mol. The van der Waals surface area contributed by atoms with Crippen molar-refractivity contribution in [3.63, 3.8) is 0 Å². The van der Waals surface area contributed by atoms with Gasteiger partial charge in [0.25, 0.3) is 5.91 Å². The van der Waals surface area contributed by atoms with Gasteiger partial charge in [0.1, 0.15) is 11.8 Å². The van der Waals surface area contributed by atoms with E-state index in [2.05, 4.69) is 20.4 Å². The van der Waals surface area contributed by atoms with E-state index < -0.39 is 11.9 Å². The number of nitrogens with one attached hydrogen (secondary N) is 1. The Bertz CT molecular complexity index is 1660. The quantitative estimate of drug-likeness (QED) is 0.223. The average Bonchev–Trinajstić information content (AvgIpc) is 3.39. The molecule has 6 rings (SSSR count). The van der Waals surface area contributed by atoms with Crippen LogP contribution in [0.1, 0.15) is 47.2 Å². The van der Waals surface area contributed by atoms with Gasteiger partial charge in [0.05, 0.1) is 24.4 Å². The molecule has 4 heterocycles. The summed E-state index contributed by atoms with van der Waals surface area (Å²) in [5.74, 6) is -0.461. The molecule has 2 fully saturated rings. The first-order valence-corrected chi connectivity index (χ1v) is 15.6. The zero-order valence-corrected chi connectivity index (χ0v) is 25.5. The van der Waals surface area contributed by atoms with Crippen LogP contribution in [0.4, 0.5) is 11.5 Å². The number of piperidine rings is 1. The van der Waals surface area contributed by atoms with E-state index in [0.29, 0.717) is 81.4 Å². The van der Waals surface area contributed by atoms with E-state index in [1.807, 2.05) is 29.2 Å². The second-order valence-corrected chi connectivity index (χ2v) is 11.7. The number of nitrogens with zero attached hydrogens (tertiary/aromatic N) is 5. The topological polar surface area (TPSA) is 171 Å². The molecule has 3 aromatic rings. The van der Waals surface area contributed by atoms with Crippen LogP contribution in [0.5, 0.6) is 5.75 Å². The molecule has 3 aliphatic rings. The van der Waals surface area contributed by atoms with Crippen molar-refractivity contribution in [1.82, 2.24) is 25.3 Å². The van der Waals surface area contributed by atoms with E-state index in [-0.39, 0.29) is 36.3 Å². The van der Waals surface area contributed by atoms with Crippen molar-refractivity contribution >= 4 is 35.1 Å². The first kappa shape index (κ1) is 31.0. The molecule has 0 bridgehead atoms. The lowest BCUT2D eigenvalue weighted by Crippen LogP contribution is -2.52. The minimum Gasteiger partial charge on any atom is -0.507 e. The number of phenolic OH excluding ortho intramolecular Hbond substituents is 1. The van der Waals surface area contributed by atoms with Crippen molar-refractivity contribution in [1.29, 1.82) is 0 Å². The van der Waals surface area contributed by atoms with Crippen molar-refractivity contribution < 1.29 is 29.0 Å². The number of rotatable bonds is 10. The van der Waals surface area contributed by atoms with Gasteiger partial charge in [-0.25, -0.2) is 0 Å². The third-order valence-electron chi connectivity index (χ3n) is 8.83. The highest BCUT2D eigenvalue weighted by molar-refractivity contribution is 6.05. The highest BCUT2D eigenvalue weighted by atomic mass is 16.5. The molecular weight excluding hydrogens is 590 g/mol. The zero-order valence-electron chi connectivity index (χ0n) is 25.5. The lowest BCUT2D eigenvalue weighted by atomic mass is 10.00. The highest BCUT2D eigenvalue weighted by Crippen LogP contribution is 2.32. The predicted octanol–water partition coefficient (Wildman–Crippen LogP) is 1.88. The minimum absolute atomic E-state index is 0.0308. The molecule has 1 atom stereocenters.